The maximum atomic E-state index is 13.0. The van der Waals surface area contributed by atoms with E-state index in [0.29, 0.717) is 12.2 Å². The average molecular weight is 440 g/mol. The van der Waals surface area contributed by atoms with Crippen LogP contribution in [0, 0.1) is 6.92 Å². The van der Waals surface area contributed by atoms with E-state index in [1.807, 2.05) is 0 Å². The number of benzene rings is 2. The molecule has 0 fully saturated rings. The first-order valence-corrected chi connectivity index (χ1v) is 9.61. The predicted molar refractivity (Wildman–Crippen MR) is 103 cm³/mol. The highest BCUT2D eigenvalue weighted by molar-refractivity contribution is 6.32. The first-order valence-electron chi connectivity index (χ1n) is 9.23. The van der Waals surface area contributed by atoms with Crippen molar-refractivity contribution in [2.45, 2.75) is 38.3 Å². The van der Waals surface area contributed by atoms with Gasteiger partial charge in [0, 0.05) is 5.92 Å². The molecule has 1 aromatic heterocycles. The number of H-pyrrole nitrogens is 1. The van der Waals surface area contributed by atoms with Gasteiger partial charge in [-0.2, -0.15) is 13.2 Å². The minimum absolute atomic E-state index is 0.0119. The zero-order chi connectivity index (χ0) is 21.6. The highest BCUT2D eigenvalue weighted by Crippen LogP contribution is 2.42. The number of aromatic nitrogens is 1. The van der Waals surface area contributed by atoms with Gasteiger partial charge in [-0.25, -0.2) is 4.79 Å². The molecule has 2 aromatic carbocycles. The van der Waals surface area contributed by atoms with Gasteiger partial charge in [0.25, 0.3) is 0 Å². The van der Waals surface area contributed by atoms with Gasteiger partial charge < -0.3 is 14.3 Å². The Balaban J connectivity index is 1.65. The second-order valence-corrected chi connectivity index (χ2v) is 7.64. The Morgan fingerprint density at radius 2 is 2.03 bits per heavy atom. The molecule has 0 radical (unpaired) electrons. The van der Waals surface area contributed by atoms with Crippen LogP contribution in [-0.2, 0) is 12.6 Å². The summed E-state index contributed by atoms with van der Waals surface area (Å²) in [5, 5.41) is 9.79. The normalized spacial score (nSPS) is 16.4. The lowest BCUT2D eigenvalue weighted by Gasteiger charge is -2.24. The molecule has 1 aliphatic rings. The van der Waals surface area contributed by atoms with Crippen molar-refractivity contribution >= 4 is 11.6 Å². The van der Waals surface area contributed by atoms with Crippen LogP contribution in [0.2, 0.25) is 5.02 Å². The van der Waals surface area contributed by atoms with E-state index in [2.05, 4.69) is 4.98 Å². The lowest BCUT2D eigenvalue weighted by Crippen LogP contribution is -2.11. The third-order valence-corrected chi connectivity index (χ3v) is 5.51. The number of hydrogen-bond acceptors (Lipinski definition) is 4. The summed E-state index contributed by atoms with van der Waals surface area (Å²) in [4.78, 5) is 13.6. The lowest BCUT2D eigenvalue weighted by molar-refractivity contribution is -0.138. The van der Waals surface area contributed by atoms with Gasteiger partial charge in [-0.15, -0.1) is 0 Å². The zero-order valence-electron chi connectivity index (χ0n) is 15.8. The van der Waals surface area contributed by atoms with Crippen molar-refractivity contribution < 1.29 is 27.4 Å². The van der Waals surface area contributed by atoms with Crippen molar-refractivity contribution in [3.63, 3.8) is 0 Å². The number of ether oxygens (including phenoxy) is 1. The number of rotatable bonds is 3. The van der Waals surface area contributed by atoms with E-state index in [1.54, 1.807) is 18.2 Å². The van der Waals surface area contributed by atoms with Crippen molar-refractivity contribution in [2.24, 2.45) is 0 Å². The Hall–Kier alpha value is -2.87. The van der Waals surface area contributed by atoms with Crippen molar-refractivity contribution in [3.05, 3.63) is 73.9 Å². The van der Waals surface area contributed by atoms with Gasteiger partial charge in [0.15, 0.2) is 5.76 Å². The highest BCUT2D eigenvalue weighted by atomic mass is 35.5. The first kappa shape index (κ1) is 20.4. The molecule has 0 saturated heterocycles. The van der Waals surface area contributed by atoms with Crippen LogP contribution in [0.1, 0.15) is 46.8 Å². The molecule has 0 bridgehead atoms. The van der Waals surface area contributed by atoms with Crippen LogP contribution in [0.15, 0.2) is 39.5 Å². The number of fused-ring (bicyclic) bond motifs is 1. The monoisotopic (exact) mass is 439 g/mol. The molecule has 1 atom stereocenters. The van der Waals surface area contributed by atoms with E-state index in [4.69, 9.17) is 20.8 Å². The molecule has 9 heteroatoms. The number of hydrogen-bond donors (Lipinski definition) is 2. The first-order chi connectivity index (χ1) is 14.1. The van der Waals surface area contributed by atoms with Gasteiger partial charge >= 0.3 is 11.9 Å². The Kier molecular flexibility index (Phi) is 5.05. The smallest absolute Gasteiger partial charge is 0.419 e. The number of aryl methyl sites for hydroxylation is 2. The van der Waals surface area contributed by atoms with Crippen LogP contribution in [0.3, 0.4) is 0 Å². The molecule has 1 heterocycles. The minimum Gasteiger partial charge on any atom is -0.492 e. The van der Waals surface area contributed by atoms with Gasteiger partial charge in [-0.3, -0.25) is 4.98 Å². The van der Waals surface area contributed by atoms with Crippen LogP contribution in [-0.4, -0.2) is 10.1 Å². The topological polar surface area (TPSA) is 75.5 Å². The van der Waals surface area contributed by atoms with Gasteiger partial charge in [0.1, 0.15) is 11.5 Å². The summed E-state index contributed by atoms with van der Waals surface area (Å²) < 4.78 is 50.0. The molecule has 0 aliphatic heterocycles. The Labute approximate surface area is 174 Å². The number of nitrogens with one attached hydrogen (secondary N) is 1. The third-order valence-electron chi connectivity index (χ3n) is 5.21. The van der Waals surface area contributed by atoms with E-state index in [-0.39, 0.29) is 33.9 Å². The maximum Gasteiger partial charge on any atom is 0.419 e. The summed E-state index contributed by atoms with van der Waals surface area (Å²) in [6.07, 6.45) is -2.24. The van der Waals surface area contributed by atoms with Crippen LogP contribution >= 0.6 is 11.6 Å². The Morgan fingerprint density at radius 3 is 2.70 bits per heavy atom. The number of halogens is 4. The van der Waals surface area contributed by atoms with Gasteiger partial charge in [0.2, 0.25) is 5.88 Å². The van der Waals surface area contributed by atoms with E-state index in [0.717, 1.165) is 30.0 Å². The van der Waals surface area contributed by atoms with Crippen molar-refractivity contribution in [1.82, 2.24) is 4.98 Å². The largest absolute Gasteiger partial charge is 0.492 e. The molecule has 30 heavy (non-hydrogen) atoms. The van der Waals surface area contributed by atoms with E-state index in [1.165, 1.54) is 13.0 Å². The number of aromatic amines is 1. The van der Waals surface area contributed by atoms with Crippen molar-refractivity contribution in [3.8, 4) is 17.4 Å². The molecule has 0 spiro atoms. The summed E-state index contributed by atoms with van der Waals surface area (Å²) in [5.41, 5.74) is 1.03. The number of alkyl halides is 3. The molecule has 3 aromatic rings. The maximum absolute atomic E-state index is 13.0. The molecule has 158 valence electrons. The molecule has 2 N–H and O–H groups in total. The van der Waals surface area contributed by atoms with Crippen LogP contribution in [0.25, 0.3) is 0 Å². The molecule has 0 saturated carbocycles. The summed E-state index contributed by atoms with van der Waals surface area (Å²) in [6, 6.07) is 7.37. The fourth-order valence-electron chi connectivity index (χ4n) is 3.86. The molecule has 5 nitrogen and oxygen atoms in total. The zero-order valence-corrected chi connectivity index (χ0v) is 16.5. The fourth-order valence-corrected chi connectivity index (χ4v) is 4.06. The minimum atomic E-state index is -4.49. The van der Waals surface area contributed by atoms with Crippen molar-refractivity contribution in [1.29, 1.82) is 0 Å². The molecule has 0 unspecified atom stereocenters. The van der Waals surface area contributed by atoms with Crippen LogP contribution in [0.4, 0.5) is 13.2 Å². The van der Waals surface area contributed by atoms with Gasteiger partial charge in [-0.1, -0.05) is 17.7 Å². The highest BCUT2D eigenvalue weighted by Gasteiger charge is 2.33. The number of aromatic hydroxyl groups is 1. The number of oxazole rings is 1. The Bertz CT molecular complexity index is 1170. The van der Waals surface area contributed by atoms with Gasteiger partial charge in [0.05, 0.1) is 10.6 Å². The summed E-state index contributed by atoms with van der Waals surface area (Å²) in [5.74, 6) is -0.541. The average Bonchev–Trinajstić information content (AvgIpc) is 3.00. The van der Waals surface area contributed by atoms with E-state index < -0.39 is 17.5 Å². The summed E-state index contributed by atoms with van der Waals surface area (Å²) in [6.45, 7) is 1.35. The fraction of sp³-hybridized carbons (Fsp3) is 0.286. The van der Waals surface area contributed by atoms with Crippen LogP contribution < -0.4 is 10.5 Å². The molecule has 1 aliphatic carbocycles. The molecular weight excluding hydrogens is 423 g/mol. The molecule has 0 amide bonds. The summed E-state index contributed by atoms with van der Waals surface area (Å²) in [7, 11) is 0. The molecular formula is C21H17ClF3NO4. The van der Waals surface area contributed by atoms with E-state index >= 15 is 0 Å². The quantitative estimate of drug-likeness (QED) is 0.531. The van der Waals surface area contributed by atoms with Gasteiger partial charge in [-0.05, 0) is 67.1 Å². The SMILES string of the molecule is Cc1cc(Oc2ccc3c(c2)CCC[C@H]3c2oc(=O)[nH]c2O)c(Cl)cc1C(F)(F)F. The standard InChI is InChI=1S/C21H17ClF3NO4/c1-10-7-17(16(22)9-15(10)21(23,24)25)29-12-5-6-13-11(8-12)3-2-4-14(13)18-19(27)26-20(28)30-18/h5-9,14,27H,2-4H2,1H3,(H,26,28)/t14-/m1/s1. The second-order valence-electron chi connectivity index (χ2n) is 7.23. The Morgan fingerprint density at radius 1 is 1.27 bits per heavy atom. The van der Waals surface area contributed by atoms with Crippen molar-refractivity contribution in [2.75, 3.05) is 0 Å². The lowest BCUT2D eigenvalue weighted by atomic mass is 9.81. The predicted octanol–water partition coefficient (Wildman–Crippen LogP) is 5.91. The second kappa shape index (κ2) is 7.43. The molecule has 4 rings (SSSR count). The summed E-state index contributed by atoms with van der Waals surface area (Å²) >= 11 is 6.03. The third kappa shape index (κ3) is 3.79. The van der Waals surface area contributed by atoms with Crippen LogP contribution in [0.5, 0.6) is 17.4 Å². The van der Waals surface area contributed by atoms with E-state index in [9.17, 15) is 23.1 Å².